The van der Waals surface area contributed by atoms with E-state index in [1.54, 1.807) is 5.06 Å². The van der Waals surface area contributed by atoms with Crippen molar-refractivity contribution in [3.8, 4) is 5.97 Å². The average Bonchev–Trinajstić information content (AvgIpc) is 2.37. The molecule has 0 saturated heterocycles. The number of halogens is 1. The van der Waals surface area contributed by atoms with Gasteiger partial charge in [-0.25, -0.2) is 11.0 Å². The maximum Gasteiger partial charge on any atom is 0.0999 e. The predicted octanol–water partition coefficient (Wildman–Crippen LogP) is 1.94. The Kier molecular flexibility index (Phi) is 7.11. The lowest BCUT2D eigenvalue weighted by atomic mass is 10.0. The highest BCUT2D eigenvalue weighted by Crippen LogP contribution is 2.02. The highest BCUT2D eigenvalue weighted by molar-refractivity contribution is 9.09. The fourth-order valence-corrected chi connectivity index (χ4v) is 1.46. The monoisotopic (exact) mass is 292 g/mol. The van der Waals surface area contributed by atoms with Crippen LogP contribution in [0.2, 0.25) is 0 Å². The van der Waals surface area contributed by atoms with Crippen LogP contribution < -0.4 is 0 Å². The molecular formula is C11H12BBrN3O-. The van der Waals surface area contributed by atoms with Crippen molar-refractivity contribution in [2.75, 3.05) is 11.9 Å². The molecule has 1 rings (SSSR count). The van der Waals surface area contributed by atoms with Gasteiger partial charge in [0.15, 0.2) is 0 Å². The maximum atomic E-state index is 8.33. The van der Waals surface area contributed by atoms with E-state index in [1.165, 1.54) is 6.34 Å². The summed E-state index contributed by atoms with van der Waals surface area (Å²) in [5.41, 5.74) is 1.09. The molecule has 0 aliphatic rings. The number of nitrogens with zero attached hydrogens (tertiary/aromatic N) is 3. The van der Waals surface area contributed by atoms with E-state index in [0.717, 1.165) is 18.3 Å². The molecule has 0 N–H and O–H groups in total. The van der Waals surface area contributed by atoms with Crippen molar-refractivity contribution in [1.82, 2.24) is 5.06 Å². The summed E-state index contributed by atoms with van der Waals surface area (Å²) in [5, 5.41) is 10.7. The zero-order valence-electron chi connectivity index (χ0n) is 9.29. The molecule has 2 radical (unpaired) electrons. The van der Waals surface area contributed by atoms with Crippen molar-refractivity contribution in [1.29, 1.82) is 5.26 Å². The van der Waals surface area contributed by atoms with E-state index in [-0.39, 0.29) is 0 Å². The summed E-state index contributed by atoms with van der Waals surface area (Å²) in [7, 11) is 1.16. The lowest BCUT2D eigenvalue weighted by molar-refractivity contribution is -0.102. The van der Waals surface area contributed by atoms with Crippen LogP contribution in [-0.4, -0.2) is 30.7 Å². The minimum Gasteiger partial charge on any atom is -0.546 e. The molecule has 1 aromatic rings. The topological polar surface area (TPSA) is 48.6 Å². The van der Waals surface area contributed by atoms with E-state index in [0.29, 0.717) is 13.2 Å². The Labute approximate surface area is 110 Å². The van der Waals surface area contributed by atoms with E-state index in [2.05, 4.69) is 20.8 Å². The molecule has 0 saturated carbocycles. The van der Waals surface area contributed by atoms with Crippen molar-refractivity contribution in [3.63, 3.8) is 0 Å². The van der Waals surface area contributed by atoms with Crippen molar-refractivity contribution < 1.29 is 4.84 Å². The first-order chi connectivity index (χ1) is 8.36. The van der Waals surface area contributed by atoms with Crippen LogP contribution in [0.1, 0.15) is 5.56 Å². The van der Waals surface area contributed by atoms with Crippen LogP contribution in [-0.2, 0) is 11.4 Å². The van der Waals surface area contributed by atoms with Crippen molar-refractivity contribution in [2.45, 2.75) is 6.61 Å². The fraction of sp³-hybridized carbons (Fsp3) is 0.273. The second kappa shape index (κ2) is 8.79. The molecule has 0 unspecified atom stereocenters. The van der Waals surface area contributed by atoms with Gasteiger partial charge >= 0.3 is 0 Å². The summed E-state index contributed by atoms with van der Waals surface area (Å²) in [4.78, 5) is 9.33. The Bertz CT molecular complexity index is 380. The highest BCUT2D eigenvalue weighted by atomic mass is 79.9. The van der Waals surface area contributed by atoms with Crippen molar-refractivity contribution >= 4 is 29.7 Å². The molecule has 0 amide bonds. The number of hydrogen-bond donors (Lipinski definition) is 0. The average molecular weight is 293 g/mol. The summed E-state index contributed by atoms with van der Waals surface area (Å²) in [6.07, 6.45) is 1.49. The molecule has 1 aromatic carbocycles. The molecule has 88 valence electrons. The van der Waals surface area contributed by atoms with Crippen LogP contribution in [0.3, 0.4) is 0 Å². The Morgan fingerprint density at radius 3 is 2.88 bits per heavy atom. The van der Waals surface area contributed by atoms with E-state index < -0.39 is 0 Å². The third kappa shape index (κ3) is 6.10. The molecule has 0 aromatic heterocycles. The van der Waals surface area contributed by atoms with Gasteiger partial charge in [-0.3, -0.25) is 10.1 Å². The second-order valence-electron chi connectivity index (χ2n) is 3.11. The van der Waals surface area contributed by atoms with Gasteiger partial charge in [0.05, 0.1) is 19.5 Å². The van der Waals surface area contributed by atoms with Crippen LogP contribution in [0.4, 0.5) is 0 Å². The summed E-state index contributed by atoms with van der Waals surface area (Å²) in [6.45, 7) is 1.14. The molecule has 0 aliphatic carbocycles. The lowest BCUT2D eigenvalue weighted by Crippen LogP contribution is -2.24. The highest BCUT2D eigenvalue weighted by Gasteiger charge is 1.98. The number of rotatable bonds is 7. The summed E-state index contributed by atoms with van der Waals surface area (Å²) in [6, 6.07) is 9.87. The zero-order valence-corrected chi connectivity index (χ0v) is 10.9. The summed E-state index contributed by atoms with van der Waals surface area (Å²) >= 11 is 3.33. The lowest BCUT2D eigenvalue weighted by Gasteiger charge is -2.19. The largest absolute Gasteiger partial charge is 0.546 e. The minimum atomic E-state index is 0.479. The molecule has 0 heterocycles. The molecule has 0 bridgehead atoms. The van der Waals surface area contributed by atoms with Gasteiger partial charge in [-0.2, -0.15) is 0 Å². The van der Waals surface area contributed by atoms with E-state index in [4.69, 9.17) is 10.1 Å². The Morgan fingerprint density at radius 2 is 2.24 bits per heavy atom. The molecule has 0 spiro atoms. The normalized spacial score (nSPS) is 10.4. The number of hydroxylamine groups is 2. The molecule has 0 aliphatic heterocycles. The molecule has 0 atom stereocenters. The summed E-state index contributed by atoms with van der Waals surface area (Å²) in [5.74, 6) is 1.82. The van der Waals surface area contributed by atoms with Crippen molar-refractivity contribution in [3.05, 3.63) is 35.9 Å². The molecule has 6 heteroatoms. The standard InChI is InChI=1S/C11H12BBrN3O/c13-6-7-16(10-15-12-9-14)17-8-11-4-2-1-3-5-11/h1-5,10H,6-8H2/q-1/b15-10+. The van der Waals surface area contributed by atoms with Gasteiger partial charge in [-0.15, -0.1) is 0 Å². The predicted molar refractivity (Wildman–Crippen MR) is 71.6 cm³/mol. The number of hydrogen-bond acceptors (Lipinski definition) is 3. The van der Waals surface area contributed by atoms with Gasteiger partial charge in [0.2, 0.25) is 0 Å². The number of nitriles is 1. The van der Waals surface area contributed by atoms with Gasteiger partial charge < -0.3 is 4.90 Å². The maximum absolute atomic E-state index is 8.33. The molecule has 0 fully saturated rings. The minimum absolute atomic E-state index is 0.479. The zero-order chi connectivity index (χ0) is 12.3. The molecular weight excluding hydrogens is 281 g/mol. The molecule has 17 heavy (non-hydrogen) atoms. The first-order valence-corrected chi connectivity index (χ1v) is 6.23. The third-order valence-corrected chi connectivity index (χ3v) is 2.23. The van der Waals surface area contributed by atoms with Crippen LogP contribution in [0, 0.1) is 11.2 Å². The van der Waals surface area contributed by atoms with Crippen LogP contribution in [0.25, 0.3) is 0 Å². The smallest absolute Gasteiger partial charge is 0.0999 e. The van der Waals surface area contributed by atoms with Crippen LogP contribution >= 0.6 is 15.9 Å². The van der Waals surface area contributed by atoms with E-state index >= 15 is 0 Å². The summed E-state index contributed by atoms with van der Waals surface area (Å²) < 4.78 is 0. The van der Waals surface area contributed by atoms with Gasteiger partial charge in [0.25, 0.3) is 0 Å². The number of benzene rings is 1. The third-order valence-electron chi connectivity index (χ3n) is 1.87. The van der Waals surface area contributed by atoms with Gasteiger partial charge in [-0.1, -0.05) is 46.3 Å². The second-order valence-corrected chi connectivity index (χ2v) is 3.90. The fourth-order valence-electron chi connectivity index (χ4n) is 1.11. The van der Waals surface area contributed by atoms with E-state index in [9.17, 15) is 0 Å². The van der Waals surface area contributed by atoms with Crippen LogP contribution in [0.15, 0.2) is 35.2 Å². The number of alkyl halides is 1. The first kappa shape index (κ1) is 13.7. The van der Waals surface area contributed by atoms with Gasteiger partial charge in [0.1, 0.15) is 0 Å². The quantitative estimate of drug-likeness (QED) is 0.254. The Morgan fingerprint density at radius 1 is 1.47 bits per heavy atom. The first-order valence-electron chi connectivity index (χ1n) is 5.11. The van der Waals surface area contributed by atoms with Gasteiger partial charge in [-0.05, 0) is 13.0 Å². The van der Waals surface area contributed by atoms with Crippen molar-refractivity contribution in [2.24, 2.45) is 4.90 Å². The molecule has 4 nitrogen and oxygen atoms in total. The Hall–Kier alpha value is -1.32. The Balaban J connectivity index is 2.42. The van der Waals surface area contributed by atoms with Crippen LogP contribution in [0.5, 0.6) is 0 Å². The SMILES string of the molecule is N#C[B-]/N=C/N(CCBr)OCc1ccccc1. The van der Waals surface area contributed by atoms with Gasteiger partial charge in [0, 0.05) is 5.33 Å². The van der Waals surface area contributed by atoms with E-state index in [1.807, 2.05) is 36.3 Å².